The lowest BCUT2D eigenvalue weighted by molar-refractivity contribution is 0.392. The lowest BCUT2D eigenvalue weighted by atomic mass is 9.91. The average molecular weight is 421 g/mol. The molecule has 11 heteroatoms. The van der Waals surface area contributed by atoms with Crippen LogP contribution in [0.5, 0.6) is 11.5 Å². The summed E-state index contributed by atoms with van der Waals surface area (Å²) in [6.45, 7) is 0. The number of hydrogen-bond donors (Lipinski definition) is 2. The number of benzene rings is 2. The molecule has 3 heterocycles. The van der Waals surface area contributed by atoms with Crippen LogP contribution < -0.4 is 20.3 Å². The average Bonchev–Trinajstić information content (AvgIpc) is 3.27. The lowest BCUT2D eigenvalue weighted by Gasteiger charge is -2.28. The number of anilines is 2. The van der Waals surface area contributed by atoms with E-state index in [4.69, 9.17) is 9.47 Å². The van der Waals surface area contributed by atoms with Crippen LogP contribution in [-0.2, 0) is 0 Å². The fourth-order valence-corrected chi connectivity index (χ4v) is 3.71. The number of methoxy groups -OCH3 is 2. The topological polar surface area (TPSA) is 120 Å². The van der Waals surface area contributed by atoms with E-state index in [1.165, 1.54) is 16.8 Å². The van der Waals surface area contributed by atoms with Crippen molar-refractivity contribution in [1.29, 1.82) is 0 Å². The number of aromatic amines is 1. The molecule has 0 saturated carbocycles. The van der Waals surface area contributed by atoms with E-state index in [-0.39, 0.29) is 17.5 Å². The molecular formula is C20H16FN7O3. The zero-order valence-electron chi connectivity index (χ0n) is 16.5. The summed E-state index contributed by atoms with van der Waals surface area (Å²) >= 11 is 0. The molecular weight excluding hydrogens is 405 g/mol. The van der Waals surface area contributed by atoms with Crippen molar-refractivity contribution in [3.63, 3.8) is 0 Å². The molecule has 0 fully saturated rings. The van der Waals surface area contributed by atoms with Gasteiger partial charge in [0, 0.05) is 16.7 Å². The molecule has 0 radical (unpaired) electrons. The number of fused-ring (bicyclic) bond motifs is 2. The van der Waals surface area contributed by atoms with Crippen molar-refractivity contribution in [2.75, 3.05) is 19.5 Å². The van der Waals surface area contributed by atoms with Gasteiger partial charge in [0.05, 0.1) is 19.9 Å². The maximum Gasteiger partial charge on any atom is 0.288 e. The van der Waals surface area contributed by atoms with E-state index in [0.29, 0.717) is 33.9 Å². The van der Waals surface area contributed by atoms with Crippen LogP contribution in [0.1, 0.15) is 17.2 Å². The molecule has 0 spiro atoms. The Hall–Kier alpha value is -4.28. The second-order valence-electron chi connectivity index (χ2n) is 6.78. The first-order valence-electron chi connectivity index (χ1n) is 9.26. The Morgan fingerprint density at radius 3 is 2.65 bits per heavy atom. The number of tetrazole rings is 1. The summed E-state index contributed by atoms with van der Waals surface area (Å²) in [4.78, 5) is 12.7. The van der Waals surface area contributed by atoms with Crippen molar-refractivity contribution in [2.24, 2.45) is 0 Å². The first kappa shape index (κ1) is 18.7. The highest BCUT2D eigenvalue weighted by Crippen LogP contribution is 2.44. The first-order valence-corrected chi connectivity index (χ1v) is 9.26. The Bertz CT molecular complexity index is 1330. The maximum atomic E-state index is 13.5. The Kier molecular flexibility index (Phi) is 4.35. The van der Waals surface area contributed by atoms with Crippen molar-refractivity contribution >= 4 is 11.6 Å². The molecule has 2 N–H and O–H groups in total. The van der Waals surface area contributed by atoms with Gasteiger partial charge < -0.3 is 14.8 Å². The van der Waals surface area contributed by atoms with Gasteiger partial charge in [-0.2, -0.15) is 9.78 Å². The van der Waals surface area contributed by atoms with Gasteiger partial charge in [0.1, 0.15) is 29.0 Å². The quantitative estimate of drug-likeness (QED) is 0.454. The largest absolute Gasteiger partial charge is 0.497 e. The lowest BCUT2D eigenvalue weighted by Crippen LogP contribution is -2.29. The highest BCUT2D eigenvalue weighted by Gasteiger charge is 2.36. The van der Waals surface area contributed by atoms with Gasteiger partial charge in [0.15, 0.2) is 0 Å². The zero-order chi connectivity index (χ0) is 21.5. The smallest absolute Gasteiger partial charge is 0.288 e. The predicted molar refractivity (Wildman–Crippen MR) is 108 cm³/mol. The molecule has 2 aromatic heterocycles. The van der Waals surface area contributed by atoms with Crippen molar-refractivity contribution < 1.29 is 13.9 Å². The molecule has 0 amide bonds. The number of nitrogens with one attached hydrogen (secondary N) is 2. The van der Waals surface area contributed by atoms with Crippen LogP contribution in [0.15, 0.2) is 47.3 Å². The summed E-state index contributed by atoms with van der Waals surface area (Å²) < 4.78 is 26.0. The molecule has 5 rings (SSSR count). The van der Waals surface area contributed by atoms with Gasteiger partial charge >= 0.3 is 0 Å². The molecule has 0 saturated heterocycles. The summed E-state index contributed by atoms with van der Waals surface area (Å²) in [7, 11) is 3.10. The fourth-order valence-electron chi connectivity index (χ4n) is 3.71. The third-order valence-corrected chi connectivity index (χ3v) is 5.12. The van der Waals surface area contributed by atoms with Crippen LogP contribution in [0, 0.1) is 5.82 Å². The van der Waals surface area contributed by atoms with Crippen LogP contribution in [0.4, 0.5) is 16.0 Å². The number of aromatic nitrogens is 6. The summed E-state index contributed by atoms with van der Waals surface area (Å²) in [5.41, 5.74) is 2.03. The highest BCUT2D eigenvalue weighted by atomic mass is 19.1. The van der Waals surface area contributed by atoms with Gasteiger partial charge in [-0.3, -0.25) is 4.79 Å². The zero-order valence-corrected chi connectivity index (χ0v) is 16.5. The molecule has 0 aliphatic carbocycles. The standard InChI is InChI=1S/C20H16FN7O3/c1-30-12-7-8-14(31-2)13(9-12)18-15-16(10-3-5-11(21)6-4-10)23-24-19(29)17(15)22-20-25-26-27-28(18)20/h3-9,18H,1-2H3,(H,24,29)(H,22,25,27)/t18-/m1/s1. The molecule has 1 aliphatic heterocycles. The molecule has 0 unspecified atom stereocenters. The van der Waals surface area contributed by atoms with Crippen molar-refractivity contribution in [1.82, 2.24) is 30.4 Å². The Balaban J connectivity index is 1.84. The summed E-state index contributed by atoms with van der Waals surface area (Å²) in [6.07, 6.45) is 0. The van der Waals surface area contributed by atoms with E-state index in [9.17, 15) is 9.18 Å². The van der Waals surface area contributed by atoms with Gasteiger partial charge in [-0.15, -0.1) is 0 Å². The molecule has 156 valence electrons. The minimum absolute atomic E-state index is 0.242. The number of nitrogens with zero attached hydrogens (tertiary/aromatic N) is 5. The molecule has 10 nitrogen and oxygen atoms in total. The van der Waals surface area contributed by atoms with Gasteiger partial charge in [-0.1, -0.05) is 5.10 Å². The predicted octanol–water partition coefficient (Wildman–Crippen LogP) is 2.27. The van der Waals surface area contributed by atoms with Crippen molar-refractivity contribution in [3.8, 4) is 22.8 Å². The van der Waals surface area contributed by atoms with Gasteiger partial charge in [0.25, 0.3) is 5.56 Å². The highest BCUT2D eigenvalue weighted by molar-refractivity contribution is 5.76. The number of halogens is 1. The van der Waals surface area contributed by atoms with Gasteiger partial charge in [-0.05, 0) is 52.9 Å². The molecule has 1 atom stereocenters. The van der Waals surface area contributed by atoms with Crippen molar-refractivity contribution in [3.05, 3.63) is 69.8 Å². The SMILES string of the molecule is COc1ccc(OC)c([C@@H]2c3c(-c4ccc(F)cc4)n[nH]c(=O)c3Nc3nnnn32)c1. The normalized spacial score (nSPS) is 14.4. The van der Waals surface area contributed by atoms with Crippen LogP contribution >= 0.6 is 0 Å². The Morgan fingerprint density at radius 2 is 1.90 bits per heavy atom. The molecule has 1 aliphatic rings. The third kappa shape index (κ3) is 2.98. The minimum atomic E-state index is -0.666. The number of H-pyrrole nitrogens is 1. The van der Waals surface area contributed by atoms with Gasteiger partial charge in [-0.25, -0.2) is 9.49 Å². The maximum absolute atomic E-state index is 13.5. The summed E-state index contributed by atoms with van der Waals surface area (Å²) in [5.74, 6) is 1.04. The van der Waals surface area contributed by atoms with Crippen LogP contribution in [0.2, 0.25) is 0 Å². The Labute approximate surface area is 174 Å². The fraction of sp³-hybridized carbons (Fsp3) is 0.150. The monoisotopic (exact) mass is 421 g/mol. The van der Waals surface area contributed by atoms with Crippen LogP contribution in [0.3, 0.4) is 0 Å². The summed E-state index contributed by atoms with van der Waals surface area (Å²) in [5, 5.41) is 21.6. The van der Waals surface area contributed by atoms with Crippen molar-refractivity contribution in [2.45, 2.75) is 6.04 Å². The van der Waals surface area contributed by atoms with E-state index >= 15 is 0 Å². The molecule has 0 bridgehead atoms. The number of ether oxygens (including phenoxy) is 2. The molecule has 4 aromatic rings. The van der Waals surface area contributed by atoms with E-state index in [1.54, 1.807) is 44.6 Å². The molecule has 2 aromatic carbocycles. The number of hydrogen-bond acceptors (Lipinski definition) is 8. The van der Waals surface area contributed by atoms with Gasteiger partial charge in [0.2, 0.25) is 5.95 Å². The van der Waals surface area contributed by atoms with E-state index in [0.717, 1.165) is 0 Å². The second kappa shape index (κ2) is 7.20. The van der Waals surface area contributed by atoms with E-state index < -0.39 is 11.6 Å². The number of rotatable bonds is 4. The third-order valence-electron chi connectivity index (χ3n) is 5.12. The molecule has 31 heavy (non-hydrogen) atoms. The summed E-state index contributed by atoms with van der Waals surface area (Å²) in [6, 6.07) is 10.5. The Morgan fingerprint density at radius 1 is 1.10 bits per heavy atom. The second-order valence-corrected chi connectivity index (χ2v) is 6.78. The minimum Gasteiger partial charge on any atom is -0.497 e. The van der Waals surface area contributed by atoms with E-state index in [1.807, 2.05) is 0 Å². The van der Waals surface area contributed by atoms with Crippen LogP contribution in [-0.4, -0.2) is 44.6 Å². The van der Waals surface area contributed by atoms with E-state index in [2.05, 4.69) is 31.0 Å². The van der Waals surface area contributed by atoms with Crippen LogP contribution in [0.25, 0.3) is 11.3 Å². The first-order chi connectivity index (χ1) is 15.1.